The predicted octanol–water partition coefficient (Wildman–Crippen LogP) is 6.39. The van der Waals surface area contributed by atoms with Crippen LogP contribution < -0.4 is 4.90 Å². The largest absolute Gasteiger partial charge is 0.372 e. The second-order valence-electron chi connectivity index (χ2n) is 7.22. The van der Waals surface area contributed by atoms with E-state index in [-0.39, 0.29) is 0 Å². The lowest BCUT2D eigenvalue weighted by Crippen LogP contribution is -2.21. The zero-order valence-corrected chi connectivity index (χ0v) is 20.1. The lowest BCUT2D eigenvalue weighted by molar-refractivity contribution is 0.731. The van der Waals surface area contributed by atoms with Crippen molar-refractivity contribution in [2.75, 3.05) is 18.0 Å². The minimum absolute atomic E-state index is 0.662. The van der Waals surface area contributed by atoms with Gasteiger partial charge in [-0.25, -0.2) is 4.98 Å². The van der Waals surface area contributed by atoms with Crippen molar-refractivity contribution >= 4 is 28.8 Å². The van der Waals surface area contributed by atoms with Crippen LogP contribution in [0.1, 0.15) is 19.5 Å². The van der Waals surface area contributed by atoms with Gasteiger partial charge in [-0.3, -0.25) is 4.57 Å². The van der Waals surface area contributed by atoms with Crippen LogP contribution >= 0.6 is 23.1 Å². The van der Waals surface area contributed by atoms with E-state index < -0.39 is 0 Å². The van der Waals surface area contributed by atoms with E-state index in [1.165, 1.54) is 5.69 Å². The molecule has 7 heteroatoms. The van der Waals surface area contributed by atoms with Crippen molar-refractivity contribution < 1.29 is 0 Å². The monoisotopic (exact) mass is 461 g/mol. The molecule has 0 bridgehead atoms. The van der Waals surface area contributed by atoms with Gasteiger partial charge in [0.05, 0.1) is 5.69 Å². The number of hydrogen-bond donors (Lipinski definition) is 0. The number of thiazole rings is 1. The Bertz CT molecular complexity index is 1140. The molecule has 0 N–H and O–H groups in total. The molecule has 0 radical (unpaired) electrons. The van der Waals surface area contributed by atoms with E-state index in [1.54, 1.807) is 23.1 Å². The second-order valence-corrected chi connectivity index (χ2v) is 9.02. The van der Waals surface area contributed by atoms with Crippen molar-refractivity contribution in [3.63, 3.8) is 0 Å². The number of benzene rings is 2. The van der Waals surface area contributed by atoms with Gasteiger partial charge >= 0.3 is 0 Å². The number of aromatic nitrogens is 4. The highest BCUT2D eigenvalue weighted by atomic mass is 32.2. The van der Waals surface area contributed by atoms with Gasteiger partial charge in [0.15, 0.2) is 11.0 Å². The number of rotatable bonds is 10. The number of anilines is 1. The van der Waals surface area contributed by atoms with E-state index in [0.29, 0.717) is 6.54 Å². The fraction of sp³-hybridized carbons (Fsp3) is 0.240. The zero-order valence-electron chi connectivity index (χ0n) is 18.4. The molecule has 2 aromatic heterocycles. The standard InChI is InChI=1S/C25H27N5S2/c1-4-16-30-23(19-12-14-22(15-13-19)29(5-2)6-3)27-28-25(30)32-18-21-17-31-24(26-21)20-10-8-7-9-11-20/h4,7-15,17H,1,5-6,16,18H2,2-3H3. The van der Waals surface area contributed by atoms with E-state index in [0.717, 1.165) is 51.7 Å². The smallest absolute Gasteiger partial charge is 0.192 e. The normalized spacial score (nSPS) is 10.9. The van der Waals surface area contributed by atoms with E-state index in [1.807, 2.05) is 24.3 Å². The highest BCUT2D eigenvalue weighted by molar-refractivity contribution is 7.98. The van der Waals surface area contributed by atoms with Crippen LogP contribution in [0.4, 0.5) is 5.69 Å². The third-order valence-electron chi connectivity index (χ3n) is 5.20. The van der Waals surface area contributed by atoms with Gasteiger partial charge in [-0.15, -0.1) is 28.1 Å². The molecular formula is C25H27N5S2. The van der Waals surface area contributed by atoms with Crippen LogP contribution in [0.5, 0.6) is 0 Å². The topological polar surface area (TPSA) is 46.8 Å². The Kier molecular flexibility index (Phi) is 7.39. The lowest BCUT2D eigenvalue weighted by Gasteiger charge is -2.21. The molecule has 0 atom stereocenters. The molecule has 4 rings (SSSR count). The second kappa shape index (κ2) is 10.6. The van der Waals surface area contributed by atoms with Crippen molar-refractivity contribution in [2.24, 2.45) is 0 Å². The molecular weight excluding hydrogens is 434 g/mol. The quantitative estimate of drug-likeness (QED) is 0.202. The summed E-state index contributed by atoms with van der Waals surface area (Å²) in [5.74, 6) is 1.61. The fourth-order valence-electron chi connectivity index (χ4n) is 3.54. The fourth-order valence-corrected chi connectivity index (χ4v) is 5.31. The minimum atomic E-state index is 0.662. The van der Waals surface area contributed by atoms with Gasteiger partial charge in [-0.2, -0.15) is 0 Å². The molecule has 2 aromatic carbocycles. The molecule has 0 unspecified atom stereocenters. The van der Waals surface area contributed by atoms with Gasteiger partial charge < -0.3 is 4.90 Å². The van der Waals surface area contributed by atoms with E-state index in [9.17, 15) is 0 Å². The molecule has 0 amide bonds. The average Bonchev–Trinajstić information content (AvgIpc) is 3.47. The molecule has 5 nitrogen and oxygen atoms in total. The Labute approximate surface area is 197 Å². The molecule has 0 saturated carbocycles. The zero-order chi connectivity index (χ0) is 22.3. The maximum Gasteiger partial charge on any atom is 0.192 e. The first-order chi connectivity index (χ1) is 15.7. The summed E-state index contributed by atoms with van der Waals surface area (Å²) in [7, 11) is 0. The number of allylic oxidation sites excluding steroid dienone is 1. The third kappa shape index (κ3) is 4.95. The Hall–Kier alpha value is -2.90. The van der Waals surface area contributed by atoms with Crippen LogP contribution in [-0.4, -0.2) is 32.8 Å². The molecule has 0 spiro atoms. The van der Waals surface area contributed by atoms with Crippen molar-refractivity contribution in [1.82, 2.24) is 19.7 Å². The Morgan fingerprint density at radius 3 is 2.44 bits per heavy atom. The summed E-state index contributed by atoms with van der Waals surface area (Å²) >= 11 is 3.33. The minimum Gasteiger partial charge on any atom is -0.372 e. The number of nitrogens with zero attached hydrogens (tertiary/aromatic N) is 5. The van der Waals surface area contributed by atoms with Crippen LogP contribution in [0.3, 0.4) is 0 Å². The SMILES string of the molecule is C=CCn1c(SCc2csc(-c3ccccc3)n2)nnc1-c1ccc(N(CC)CC)cc1. The van der Waals surface area contributed by atoms with Crippen LogP contribution in [0.2, 0.25) is 0 Å². The summed E-state index contributed by atoms with van der Waals surface area (Å²) in [4.78, 5) is 7.12. The summed E-state index contributed by atoms with van der Waals surface area (Å²) in [6.07, 6.45) is 1.89. The van der Waals surface area contributed by atoms with Crippen molar-refractivity contribution in [3.8, 4) is 22.0 Å². The molecule has 0 aliphatic heterocycles. The highest BCUT2D eigenvalue weighted by Gasteiger charge is 2.15. The van der Waals surface area contributed by atoms with Gasteiger partial charge in [-0.05, 0) is 38.1 Å². The van der Waals surface area contributed by atoms with Crippen LogP contribution in [0.15, 0.2) is 77.8 Å². The molecule has 0 aliphatic carbocycles. The van der Waals surface area contributed by atoms with Gasteiger partial charge in [-0.1, -0.05) is 48.2 Å². The Morgan fingerprint density at radius 2 is 1.75 bits per heavy atom. The summed E-state index contributed by atoms with van der Waals surface area (Å²) in [6, 6.07) is 18.8. The van der Waals surface area contributed by atoms with E-state index in [2.05, 4.69) is 81.9 Å². The predicted molar refractivity (Wildman–Crippen MR) is 136 cm³/mol. The van der Waals surface area contributed by atoms with Crippen LogP contribution in [0, 0.1) is 0 Å². The van der Waals surface area contributed by atoms with E-state index >= 15 is 0 Å². The van der Waals surface area contributed by atoms with Crippen molar-refractivity contribution in [2.45, 2.75) is 31.3 Å². The first kappa shape index (κ1) is 22.3. The van der Waals surface area contributed by atoms with Gasteiger partial charge in [0.1, 0.15) is 5.01 Å². The maximum absolute atomic E-state index is 4.79. The Morgan fingerprint density at radius 1 is 1.00 bits per heavy atom. The first-order valence-electron chi connectivity index (χ1n) is 10.8. The molecule has 32 heavy (non-hydrogen) atoms. The molecule has 0 saturated heterocycles. The molecule has 4 aromatic rings. The molecule has 0 fully saturated rings. The lowest BCUT2D eigenvalue weighted by atomic mass is 10.2. The van der Waals surface area contributed by atoms with Gasteiger partial charge in [0.25, 0.3) is 0 Å². The first-order valence-corrected chi connectivity index (χ1v) is 12.6. The summed E-state index contributed by atoms with van der Waals surface area (Å²) < 4.78 is 2.12. The van der Waals surface area contributed by atoms with Crippen molar-refractivity contribution in [3.05, 3.63) is 78.3 Å². The molecule has 0 aliphatic rings. The van der Waals surface area contributed by atoms with Crippen LogP contribution in [-0.2, 0) is 12.3 Å². The maximum atomic E-state index is 4.79. The third-order valence-corrected chi connectivity index (χ3v) is 7.14. The van der Waals surface area contributed by atoms with Crippen molar-refractivity contribution in [1.29, 1.82) is 0 Å². The number of thioether (sulfide) groups is 1. The average molecular weight is 462 g/mol. The van der Waals surface area contributed by atoms with Gasteiger partial charge in [0.2, 0.25) is 0 Å². The summed E-state index contributed by atoms with van der Waals surface area (Å²) in [5, 5.41) is 13.0. The Balaban J connectivity index is 1.51. The molecule has 2 heterocycles. The van der Waals surface area contributed by atoms with Crippen LogP contribution in [0.25, 0.3) is 22.0 Å². The van der Waals surface area contributed by atoms with Gasteiger partial charge in [0, 0.05) is 47.6 Å². The highest BCUT2D eigenvalue weighted by Crippen LogP contribution is 2.30. The number of hydrogen-bond acceptors (Lipinski definition) is 6. The summed E-state index contributed by atoms with van der Waals surface area (Å²) in [6.45, 7) is 10.9. The molecule has 164 valence electrons. The summed E-state index contributed by atoms with van der Waals surface area (Å²) in [5.41, 5.74) is 4.49. The van der Waals surface area contributed by atoms with E-state index in [4.69, 9.17) is 4.98 Å².